The molecule has 0 heterocycles. The molecule has 3 aromatic rings. The predicted octanol–water partition coefficient (Wildman–Crippen LogP) is 7.06. The van der Waals surface area contributed by atoms with Gasteiger partial charge in [-0.25, -0.2) is 8.78 Å². The van der Waals surface area contributed by atoms with Crippen LogP contribution in [-0.2, 0) is 11.8 Å². The van der Waals surface area contributed by atoms with Crippen LogP contribution in [0.25, 0.3) is 0 Å². The van der Waals surface area contributed by atoms with Crippen LogP contribution in [0.1, 0.15) is 37.8 Å². The molecule has 0 atom stereocenters. The van der Waals surface area contributed by atoms with E-state index >= 15 is 0 Å². The summed E-state index contributed by atoms with van der Waals surface area (Å²) in [6.45, 7) is 4.38. The van der Waals surface area contributed by atoms with Crippen molar-refractivity contribution in [3.63, 3.8) is 0 Å². The van der Waals surface area contributed by atoms with Gasteiger partial charge in [0.15, 0.2) is 0 Å². The summed E-state index contributed by atoms with van der Waals surface area (Å²) < 4.78 is 31.9. The third-order valence-electron chi connectivity index (χ3n) is 4.84. The van der Waals surface area contributed by atoms with E-state index in [0.29, 0.717) is 5.75 Å². The summed E-state index contributed by atoms with van der Waals surface area (Å²) in [6.07, 6.45) is 2.96. The molecule has 0 unspecified atom stereocenters. The minimum absolute atomic E-state index is 0.00405. The Labute approximate surface area is 159 Å². The molecule has 140 valence electrons. The van der Waals surface area contributed by atoms with Crippen molar-refractivity contribution in [1.29, 1.82) is 0 Å². The summed E-state index contributed by atoms with van der Waals surface area (Å²) in [5, 5.41) is 0. The van der Waals surface area contributed by atoms with Crippen LogP contribution in [0.15, 0.2) is 72.8 Å². The fraction of sp³-hybridized carbons (Fsp3) is 0.250. The van der Waals surface area contributed by atoms with Gasteiger partial charge in [-0.2, -0.15) is 0 Å². The molecule has 0 aliphatic rings. The zero-order valence-electron chi connectivity index (χ0n) is 15.7. The van der Waals surface area contributed by atoms with Crippen molar-refractivity contribution in [2.75, 3.05) is 0 Å². The maximum Gasteiger partial charge on any atom is 0.127 e. The Kier molecular flexibility index (Phi) is 5.90. The molecule has 0 aromatic heterocycles. The van der Waals surface area contributed by atoms with Gasteiger partial charge in [0, 0.05) is 0 Å². The average molecular weight is 366 g/mol. The van der Waals surface area contributed by atoms with Crippen molar-refractivity contribution in [2.45, 2.75) is 38.5 Å². The molecule has 0 radical (unpaired) electrons. The van der Waals surface area contributed by atoms with Crippen LogP contribution in [0.3, 0.4) is 0 Å². The first-order valence-corrected chi connectivity index (χ1v) is 9.21. The van der Waals surface area contributed by atoms with E-state index in [1.165, 1.54) is 29.8 Å². The van der Waals surface area contributed by atoms with E-state index in [9.17, 15) is 8.78 Å². The first-order chi connectivity index (χ1) is 12.9. The lowest BCUT2D eigenvalue weighted by Gasteiger charge is -2.25. The normalized spacial score (nSPS) is 11.4. The Morgan fingerprint density at radius 2 is 1.41 bits per heavy atom. The fourth-order valence-corrected chi connectivity index (χ4v) is 3.18. The number of benzene rings is 3. The van der Waals surface area contributed by atoms with E-state index in [1.807, 2.05) is 30.3 Å². The van der Waals surface area contributed by atoms with Crippen molar-refractivity contribution < 1.29 is 13.5 Å². The second-order valence-corrected chi connectivity index (χ2v) is 7.45. The molecule has 0 saturated heterocycles. The minimum Gasteiger partial charge on any atom is -0.457 e. The zero-order valence-corrected chi connectivity index (χ0v) is 15.7. The SMILES string of the molecule is CC(C)(CCCc1cccc(Oc2ccc(F)cc2)c1)c1ccc(F)cc1. The molecule has 27 heavy (non-hydrogen) atoms. The molecule has 0 saturated carbocycles. The minimum atomic E-state index is -0.278. The number of hydrogen-bond donors (Lipinski definition) is 0. The summed E-state index contributed by atoms with van der Waals surface area (Å²) in [7, 11) is 0. The Balaban J connectivity index is 1.58. The van der Waals surface area contributed by atoms with Gasteiger partial charge in [0.1, 0.15) is 23.1 Å². The molecule has 0 aliphatic carbocycles. The van der Waals surface area contributed by atoms with Crippen LogP contribution in [0.2, 0.25) is 0 Å². The largest absolute Gasteiger partial charge is 0.457 e. The van der Waals surface area contributed by atoms with E-state index in [-0.39, 0.29) is 17.0 Å². The van der Waals surface area contributed by atoms with E-state index in [2.05, 4.69) is 19.9 Å². The molecule has 1 nitrogen and oxygen atoms in total. The van der Waals surface area contributed by atoms with Gasteiger partial charge in [0.05, 0.1) is 0 Å². The van der Waals surface area contributed by atoms with Crippen molar-refractivity contribution in [1.82, 2.24) is 0 Å². The second-order valence-electron chi connectivity index (χ2n) is 7.45. The number of hydrogen-bond acceptors (Lipinski definition) is 1. The highest BCUT2D eigenvalue weighted by atomic mass is 19.1. The maximum atomic E-state index is 13.1. The van der Waals surface area contributed by atoms with Crippen LogP contribution in [0.4, 0.5) is 8.78 Å². The van der Waals surface area contributed by atoms with Gasteiger partial charge >= 0.3 is 0 Å². The third-order valence-corrected chi connectivity index (χ3v) is 4.84. The third kappa shape index (κ3) is 5.40. The highest BCUT2D eigenvalue weighted by Gasteiger charge is 2.20. The van der Waals surface area contributed by atoms with E-state index in [4.69, 9.17) is 4.74 Å². The van der Waals surface area contributed by atoms with Crippen LogP contribution in [-0.4, -0.2) is 0 Å². The van der Waals surface area contributed by atoms with Crippen molar-refractivity contribution in [2.24, 2.45) is 0 Å². The molecule has 0 aliphatic heterocycles. The van der Waals surface area contributed by atoms with Crippen molar-refractivity contribution in [3.05, 3.63) is 95.6 Å². The lowest BCUT2D eigenvalue weighted by molar-refractivity contribution is 0.459. The number of aryl methyl sites for hydroxylation is 1. The summed E-state index contributed by atoms with van der Waals surface area (Å²) in [5.41, 5.74) is 2.34. The molecule has 3 aromatic carbocycles. The van der Waals surface area contributed by atoms with Gasteiger partial charge in [0.2, 0.25) is 0 Å². The summed E-state index contributed by atoms with van der Waals surface area (Å²) in [6, 6.07) is 20.8. The molecule has 0 bridgehead atoms. The van der Waals surface area contributed by atoms with Gasteiger partial charge in [-0.1, -0.05) is 38.1 Å². The summed E-state index contributed by atoms with van der Waals surface area (Å²) >= 11 is 0. The Hall–Kier alpha value is -2.68. The summed E-state index contributed by atoms with van der Waals surface area (Å²) in [5.74, 6) is 0.885. The quantitative estimate of drug-likeness (QED) is 0.435. The fourth-order valence-electron chi connectivity index (χ4n) is 3.18. The maximum absolute atomic E-state index is 13.1. The molecule has 0 N–H and O–H groups in total. The van der Waals surface area contributed by atoms with Gasteiger partial charge in [-0.05, 0) is 84.3 Å². The van der Waals surface area contributed by atoms with Crippen LogP contribution in [0.5, 0.6) is 11.5 Å². The van der Waals surface area contributed by atoms with E-state index in [1.54, 1.807) is 12.1 Å². The second kappa shape index (κ2) is 8.34. The highest BCUT2D eigenvalue weighted by Crippen LogP contribution is 2.30. The first-order valence-electron chi connectivity index (χ1n) is 9.21. The molecule has 0 amide bonds. The van der Waals surface area contributed by atoms with E-state index in [0.717, 1.165) is 30.6 Å². The monoisotopic (exact) mass is 366 g/mol. The standard InChI is InChI=1S/C24H24F2O/c1-24(2,19-8-10-20(25)11-9-19)16-4-6-18-5-3-7-23(17-18)27-22-14-12-21(26)13-15-22/h3,5,7-15,17H,4,6,16H2,1-2H3. The van der Waals surface area contributed by atoms with Gasteiger partial charge < -0.3 is 4.74 Å². The molecular formula is C24H24F2O. The molecule has 0 fully saturated rings. The number of halogens is 2. The van der Waals surface area contributed by atoms with Gasteiger partial charge in [-0.15, -0.1) is 0 Å². The smallest absolute Gasteiger partial charge is 0.127 e. The Morgan fingerprint density at radius 1 is 0.778 bits per heavy atom. The lowest BCUT2D eigenvalue weighted by atomic mass is 9.80. The van der Waals surface area contributed by atoms with Gasteiger partial charge in [0.25, 0.3) is 0 Å². The molecule has 0 spiro atoms. The predicted molar refractivity (Wildman–Crippen MR) is 105 cm³/mol. The first kappa shape index (κ1) is 19.1. The average Bonchev–Trinajstić information content (AvgIpc) is 2.64. The van der Waals surface area contributed by atoms with E-state index < -0.39 is 0 Å². The number of ether oxygens (including phenoxy) is 1. The molecule has 3 heteroatoms. The molecule has 3 rings (SSSR count). The van der Waals surface area contributed by atoms with Crippen molar-refractivity contribution in [3.8, 4) is 11.5 Å². The van der Waals surface area contributed by atoms with Crippen LogP contribution < -0.4 is 4.74 Å². The van der Waals surface area contributed by atoms with Crippen molar-refractivity contribution >= 4 is 0 Å². The lowest BCUT2D eigenvalue weighted by Crippen LogP contribution is -2.17. The zero-order chi connectivity index (χ0) is 19.3. The Bertz CT molecular complexity index is 868. The number of rotatable bonds is 7. The molecular weight excluding hydrogens is 342 g/mol. The highest BCUT2D eigenvalue weighted by molar-refractivity contribution is 5.34. The topological polar surface area (TPSA) is 9.23 Å². The van der Waals surface area contributed by atoms with Crippen LogP contribution in [0, 0.1) is 11.6 Å². The summed E-state index contributed by atoms with van der Waals surface area (Å²) in [4.78, 5) is 0. The van der Waals surface area contributed by atoms with Gasteiger partial charge in [-0.3, -0.25) is 0 Å². The van der Waals surface area contributed by atoms with Crippen LogP contribution >= 0.6 is 0 Å². The Morgan fingerprint density at radius 3 is 2.07 bits per heavy atom.